The molecule has 0 saturated carbocycles. The zero-order valence-electron chi connectivity index (χ0n) is 11.7. The van der Waals surface area contributed by atoms with Crippen LogP contribution in [0.4, 0.5) is 0 Å². The van der Waals surface area contributed by atoms with Crippen molar-refractivity contribution in [3.63, 3.8) is 0 Å². The molecule has 0 bridgehead atoms. The molecule has 0 atom stereocenters. The van der Waals surface area contributed by atoms with E-state index in [1.165, 1.54) is 0 Å². The Kier molecular flexibility index (Phi) is 98.2. The van der Waals surface area contributed by atoms with E-state index in [9.17, 15) is 20.4 Å². The first-order chi connectivity index (χ1) is 7.66. The van der Waals surface area contributed by atoms with Gasteiger partial charge in [-0.3, -0.25) is 0 Å². The molecule has 0 aliphatic rings. The molecule has 0 unspecified atom stereocenters. The largest absolute Gasteiger partial charge is 0.854 e. The predicted octanol–water partition coefficient (Wildman–Crippen LogP) is -0.976. The summed E-state index contributed by atoms with van der Waals surface area (Å²) in [6.07, 6.45) is 3.06. The van der Waals surface area contributed by atoms with Crippen LogP contribution in [0.25, 0.3) is 0 Å². The van der Waals surface area contributed by atoms with E-state index >= 15 is 0 Å². The van der Waals surface area contributed by atoms with Crippen LogP contribution < -0.4 is 20.4 Å². The Morgan fingerprint density at radius 3 is 0.529 bits per heavy atom. The molecule has 0 aromatic rings. The van der Waals surface area contributed by atoms with Crippen molar-refractivity contribution in [2.24, 2.45) is 0 Å². The van der Waals surface area contributed by atoms with E-state index in [2.05, 4.69) is 0 Å². The average Bonchev–Trinajstić information content (AvgIpc) is 2.39. The summed E-state index contributed by atoms with van der Waals surface area (Å²) in [6.45, 7) is 7.75. The van der Waals surface area contributed by atoms with Crippen LogP contribution >= 0.6 is 0 Å². The van der Waals surface area contributed by atoms with Crippen LogP contribution in [0.1, 0.15) is 53.4 Å². The van der Waals surface area contributed by atoms with Crippen molar-refractivity contribution < 1.29 is 42.8 Å². The number of rotatable bonds is 4. The van der Waals surface area contributed by atoms with Gasteiger partial charge in [0, 0.05) is 22.4 Å². The molecule has 0 heterocycles. The molecule has 17 heavy (non-hydrogen) atoms. The Hall–Kier alpha value is 0.580. The van der Waals surface area contributed by atoms with Crippen molar-refractivity contribution in [1.82, 2.24) is 0 Å². The van der Waals surface area contributed by atoms with Gasteiger partial charge in [0.15, 0.2) is 0 Å². The van der Waals surface area contributed by atoms with Gasteiger partial charge in [-0.1, -0.05) is 53.4 Å². The first-order valence-electron chi connectivity index (χ1n) is 5.98. The van der Waals surface area contributed by atoms with Gasteiger partial charge in [-0.15, -0.1) is 26.4 Å². The van der Waals surface area contributed by atoms with Crippen molar-refractivity contribution in [1.29, 1.82) is 0 Å². The minimum atomic E-state index is 0. The van der Waals surface area contributed by atoms with Gasteiger partial charge in [-0.2, -0.15) is 0 Å². The summed E-state index contributed by atoms with van der Waals surface area (Å²) in [7, 11) is 0. The zero-order valence-corrected chi connectivity index (χ0v) is 15.0. The van der Waals surface area contributed by atoms with Crippen molar-refractivity contribution in [2.45, 2.75) is 53.4 Å². The van der Waals surface area contributed by atoms with Gasteiger partial charge in [-0.05, 0) is 0 Å². The van der Waals surface area contributed by atoms with Crippen LogP contribution in [0.15, 0.2) is 0 Å². The van der Waals surface area contributed by atoms with Gasteiger partial charge in [0.2, 0.25) is 0 Å². The summed E-state index contributed by atoms with van der Waals surface area (Å²) < 4.78 is 0. The van der Waals surface area contributed by atoms with E-state index in [1.807, 2.05) is 27.7 Å². The first kappa shape index (κ1) is 30.5. The summed E-state index contributed by atoms with van der Waals surface area (Å²) >= 11 is 0. The summed E-state index contributed by atoms with van der Waals surface area (Å²) in [5.74, 6) is 0. The molecular formula is C12H28O4Ta-4. The van der Waals surface area contributed by atoms with Gasteiger partial charge in [0.25, 0.3) is 0 Å². The molecule has 0 N–H and O–H groups in total. The van der Waals surface area contributed by atoms with Crippen LogP contribution in [-0.2, 0) is 22.4 Å². The first-order valence-corrected chi connectivity index (χ1v) is 5.98. The van der Waals surface area contributed by atoms with Crippen molar-refractivity contribution >= 4 is 0 Å². The van der Waals surface area contributed by atoms with Crippen molar-refractivity contribution in [2.75, 3.05) is 26.4 Å². The van der Waals surface area contributed by atoms with Crippen LogP contribution in [0.5, 0.6) is 0 Å². The maximum absolute atomic E-state index is 9.30. The molecule has 4 nitrogen and oxygen atoms in total. The van der Waals surface area contributed by atoms with Gasteiger partial charge >= 0.3 is 0 Å². The van der Waals surface area contributed by atoms with E-state index in [-0.39, 0.29) is 48.8 Å². The average molecular weight is 417 g/mol. The molecule has 1 radical (unpaired) electrons. The Morgan fingerprint density at radius 1 is 0.471 bits per heavy atom. The van der Waals surface area contributed by atoms with E-state index in [4.69, 9.17) is 0 Å². The standard InChI is InChI=1S/4C3H7O.Ta/c4*1-2-3-4;/h4*2-3H2,1H3;/q4*-1;. The normalized spacial score (nSPS) is 7.06. The SMILES string of the molecule is CCC[O-].CCC[O-].CCC[O-].CCC[O-].[Ta]. The molecule has 109 valence electrons. The van der Waals surface area contributed by atoms with E-state index < -0.39 is 0 Å². The predicted molar refractivity (Wildman–Crippen MR) is 60.6 cm³/mol. The summed E-state index contributed by atoms with van der Waals surface area (Å²) in [4.78, 5) is 0. The van der Waals surface area contributed by atoms with Gasteiger partial charge in [0.1, 0.15) is 0 Å². The Balaban J connectivity index is -0.0000000369. The minimum Gasteiger partial charge on any atom is -0.854 e. The molecule has 0 aromatic heterocycles. The van der Waals surface area contributed by atoms with Crippen molar-refractivity contribution in [3.05, 3.63) is 0 Å². The summed E-state index contributed by atoms with van der Waals surface area (Å²) in [5, 5.41) is 37.2. The molecule has 0 aromatic carbocycles. The molecule has 0 fully saturated rings. The quantitative estimate of drug-likeness (QED) is 0.588. The van der Waals surface area contributed by atoms with E-state index in [0.29, 0.717) is 0 Å². The fourth-order valence-corrected chi connectivity index (χ4v) is 0. The van der Waals surface area contributed by atoms with Crippen LogP contribution in [-0.4, -0.2) is 26.4 Å². The summed E-state index contributed by atoms with van der Waals surface area (Å²) in [6, 6.07) is 0. The van der Waals surface area contributed by atoms with Crippen molar-refractivity contribution in [3.8, 4) is 0 Å². The molecule has 0 spiro atoms. The van der Waals surface area contributed by atoms with Crippen LogP contribution in [0.3, 0.4) is 0 Å². The number of hydrogen-bond donors (Lipinski definition) is 0. The second kappa shape index (κ2) is 54.7. The monoisotopic (exact) mass is 417 g/mol. The molecule has 0 saturated heterocycles. The fourth-order valence-electron chi connectivity index (χ4n) is 0. The van der Waals surface area contributed by atoms with Gasteiger partial charge in [0.05, 0.1) is 0 Å². The Bertz CT molecular complexity index is 42.5. The topological polar surface area (TPSA) is 92.2 Å². The Morgan fingerprint density at radius 2 is 0.529 bits per heavy atom. The van der Waals surface area contributed by atoms with Gasteiger partial charge < -0.3 is 20.4 Å². The van der Waals surface area contributed by atoms with Crippen LogP contribution in [0.2, 0.25) is 0 Å². The second-order valence-corrected chi connectivity index (χ2v) is 2.82. The van der Waals surface area contributed by atoms with Crippen LogP contribution in [0, 0.1) is 0 Å². The maximum Gasteiger partial charge on any atom is 0 e. The van der Waals surface area contributed by atoms with Gasteiger partial charge in [-0.25, -0.2) is 0 Å². The van der Waals surface area contributed by atoms with E-state index in [0.717, 1.165) is 25.7 Å². The molecule has 5 heteroatoms. The number of hydrogen-bond acceptors (Lipinski definition) is 4. The molecule has 0 rings (SSSR count). The van der Waals surface area contributed by atoms with E-state index in [1.54, 1.807) is 0 Å². The minimum absolute atomic E-state index is 0. The zero-order chi connectivity index (χ0) is 13.7. The maximum atomic E-state index is 9.30. The fraction of sp³-hybridized carbons (Fsp3) is 1.00. The third kappa shape index (κ3) is 168. The molecule has 0 amide bonds. The third-order valence-corrected chi connectivity index (χ3v) is 0.816. The molecular weight excluding hydrogens is 389 g/mol. The third-order valence-electron chi connectivity index (χ3n) is 0.816. The molecule has 0 aliphatic heterocycles. The Labute approximate surface area is 123 Å². The smallest absolute Gasteiger partial charge is 0 e. The second-order valence-electron chi connectivity index (χ2n) is 2.82. The molecule has 0 aliphatic carbocycles. The summed E-state index contributed by atoms with van der Waals surface area (Å²) in [5.41, 5.74) is 0.